The summed E-state index contributed by atoms with van der Waals surface area (Å²) in [5.74, 6) is -0.0834. The monoisotopic (exact) mass is 399 g/mol. The van der Waals surface area contributed by atoms with Crippen LogP contribution in [0.4, 0.5) is 0 Å². The van der Waals surface area contributed by atoms with E-state index in [0.717, 1.165) is 10.5 Å². The highest BCUT2D eigenvalue weighted by molar-refractivity contribution is 7.98. The van der Waals surface area contributed by atoms with Crippen LogP contribution in [0.3, 0.4) is 0 Å². The Morgan fingerprint density at radius 3 is 2.35 bits per heavy atom. The minimum absolute atomic E-state index is 0.0834. The first-order chi connectivity index (χ1) is 12.6. The summed E-state index contributed by atoms with van der Waals surface area (Å²) >= 11 is 13.8. The molecular formula is C21H15Cl2NOS. The largest absolute Gasteiger partial charge is 0.289 e. The second-order valence-electron chi connectivity index (χ2n) is 5.53. The number of carbonyl (C=O) groups excluding carboxylic acids is 1. The van der Waals surface area contributed by atoms with Crippen molar-refractivity contribution in [2.75, 3.05) is 6.26 Å². The predicted octanol–water partition coefficient (Wildman–Crippen LogP) is 6.53. The van der Waals surface area contributed by atoms with E-state index in [-0.39, 0.29) is 5.78 Å². The van der Waals surface area contributed by atoms with Crippen molar-refractivity contribution >= 4 is 52.4 Å². The molecule has 0 unspecified atom stereocenters. The van der Waals surface area contributed by atoms with E-state index < -0.39 is 0 Å². The molecule has 1 heterocycles. The molecule has 0 atom stereocenters. The second-order valence-corrected chi connectivity index (χ2v) is 7.22. The topological polar surface area (TPSA) is 30.0 Å². The average molecular weight is 400 g/mol. The van der Waals surface area contributed by atoms with Gasteiger partial charge in [-0.1, -0.05) is 35.3 Å². The molecule has 0 bridgehead atoms. The molecule has 3 aromatic rings. The van der Waals surface area contributed by atoms with Gasteiger partial charge >= 0.3 is 0 Å². The molecule has 0 spiro atoms. The van der Waals surface area contributed by atoms with Gasteiger partial charge in [-0.2, -0.15) is 0 Å². The third-order valence-electron chi connectivity index (χ3n) is 3.82. The van der Waals surface area contributed by atoms with E-state index in [1.165, 1.54) is 0 Å². The molecule has 0 aliphatic carbocycles. The molecule has 5 heteroatoms. The number of allylic oxidation sites excluding steroid dienone is 1. The molecule has 0 aliphatic rings. The van der Waals surface area contributed by atoms with Gasteiger partial charge in [0, 0.05) is 28.4 Å². The summed E-state index contributed by atoms with van der Waals surface area (Å²) in [4.78, 5) is 18.4. The molecule has 0 radical (unpaired) electrons. The first-order valence-electron chi connectivity index (χ1n) is 7.84. The fourth-order valence-corrected chi connectivity index (χ4v) is 3.18. The maximum atomic E-state index is 13.2. The van der Waals surface area contributed by atoms with Gasteiger partial charge in [0.05, 0.1) is 10.0 Å². The first kappa shape index (κ1) is 18.7. The van der Waals surface area contributed by atoms with Gasteiger partial charge in [0.25, 0.3) is 0 Å². The van der Waals surface area contributed by atoms with E-state index in [2.05, 4.69) is 4.98 Å². The third-order valence-corrected chi connectivity index (χ3v) is 5.31. The number of pyridine rings is 1. The molecule has 26 heavy (non-hydrogen) atoms. The number of carbonyl (C=O) groups is 1. The Morgan fingerprint density at radius 2 is 1.73 bits per heavy atom. The van der Waals surface area contributed by atoms with Crippen LogP contribution in [0.5, 0.6) is 0 Å². The summed E-state index contributed by atoms with van der Waals surface area (Å²) in [7, 11) is 0. The van der Waals surface area contributed by atoms with Crippen LogP contribution in [-0.4, -0.2) is 17.0 Å². The van der Waals surface area contributed by atoms with Crippen LogP contribution in [0.25, 0.3) is 11.6 Å². The van der Waals surface area contributed by atoms with E-state index in [4.69, 9.17) is 23.2 Å². The minimum Gasteiger partial charge on any atom is -0.289 e. The van der Waals surface area contributed by atoms with Crippen molar-refractivity contribution in [1.82, 2.24) is 4.98 Å². The summed E-state index contributed by atoms with van der Waals surface area (Å²) < 4.78 is 0. The lowest BCUT2D eigenvalue weighted by Crippen LogP contribution is -2.03. The molecule has 3 rings (SSSR count). The number of hydrogen-bond donors (Lipinski definition) is 0. The molecule has 0 amide bonds. The van der Waals surface area contributed by atoms with Gasteiger partial charge in [-0.15, -0.1) is 11.8 Å². The fraction of sp³-hybridized carbons (Fsp3) is 0.0476. The van der Waals surface area contributed by atoms with Crippen molar-refractivity contribution in [3.8, 4) is 0 Å². The molecule has 2 nitrogen and oxygen atoms in total. The van der Waals surface area contributed by atoms with Crippen LogP contribution in [0.15, 0.2) is 71.9 Å². The Hall–Kier alpha value is -2.07. The number of thioether (sulfide) groups is 1. The van der Waals surface area contributed by atoms with E-state index in [9.17, 15) is 4.79 Å². The SMILES string of the molecule is CSc1ccc(C(=O)/C(=C/c2cccnc2)c2ccc(Cl)c(Cl)c2)cc1. The maximum absolute atomic E-state index is 13.2. The van der Waals surface area contributed by atoms with Crippen molar-refractivity contribution in [2.24, 2.45) is 0 Å². The lowest BCUT2D eigenvalue weighted by atomic mass is 9.95. The van der Waals surface area contributed by atoms with Gasteiger partial charge in [-0.25, -0.2) is 0 Å². The number of nitrogens with zero attached hydrogens (tertiary/aromatic N) is 1. The Kier molecular flexibility index (Phi) is 6.15. The van der Waals surface area contributed by atoms with Gasteiger partial charge < -0.3 is 0 Å². The van der Waals surface area contributed by atoms with Crippen LogP contribution in [0.2, 0.25) is 10.0 Å². The average Bonchev–Trinajstić information content (AvgIpc) is 2.69. The quantitative estimate of drug-likeness (QED) is 0.277. The molecule has 0 saturated carbocycles. The fourth-order valence-electron chi connectivity index (χ4n) is 2.47. The van der Waals surface area contributed by atoms with E-state index in [0.29, 0.717) is 26.7 Å². The third kappa shape index (κ3) is 4.36. The number of hydrogen-bond acceptors (Lipinski definition) is 3. The highest BCUT2D eigenvalue weighted by atomic mass is 35.5. The van der Waals surface area contributed by atoms with E-state index >= 15 is 0 Å². The van der Waals surface area contributed by atoms with Crippen LogP contribution >= 0.6 is 35.0 Å². The van der Waals surface area contributed by atoms with Crippen molar-refractivity contribution in [3.63, 3.8) is 0 Å². The summed E-state index contributed by atoms with van der Waals surface area (Å²) in [6, 6.07) is 16.5. The normalized spacial score (nSPS) is 11.4. The lowest BCUT2D eigenvalue weighted by Gasteiger charge is -2.10. The zero-order valence-electron chi connectivity index (χ0n) is 13.9. The molecule has 0 saturated heterocycles. The Balaban J connectivity index is 2.08. The predicted molar refractivity (Wildman–Crippen MR) is 111 cm³/mol. The van der Waals surface area contributed by atoms with E-state index in [1.54, 1.807) is 42.4 Å². The van der Waals surface area contributed by atoms with Gasteiger partial charge in [-0.3, -0.25) is 9.78 Å². The van der Waals surface area contributed by atoms with Gasteiger partial charge in [0.15, 0.2) is 5.78 Å². The van der Waals surface area contributed by atoms with Crippen LogP contribution in [0, 0.1) is 0 Å². The smallest absolute Gasteiger partial charge is 0.193 e. The van der Waals surface area contributed by atoms with Crippen molar-refractivity contribution in [1.29, 1.82) is 0 Å². The van der Waals surface area contributed by atoms with Gasteiger partial charge in [-0.05, 0) is 65.9 Å². The first-order valence-corrected chi connectivity index (χ1v) is 9.82. The minimum atomic E-state index is -0.0834. The summed E-state index contributed by atoms with van der Waals surface area (Å²) in [6.07, 6.45) is 7.22. The zero-order valence-corrected chi connectivity index (χ0v) is 16.3. The molecule has 130 valence electrons. The summed E-state index contributed by atoms with van der Waals surface area (Å²) in [6.45, 7) is 0. The molecule has 1 aromatic heterocycles. The highest BCUT2D eigenvalue weighted by Crippen LogP contribution is 2.29. The molecular weight excluding hydrogens is 385 g/mol. The van der Waals surface area contributed by atoms with Gasteiger partial charge in [0.1, 0.15) is 0 Å². The van der Waals surface area contributed by atoms with Crippen molar-refractivity contribution in [3.05, 3.63) is 93.7 Å². The second kappa shape index (κ2) is 8.54. The molecule has 2 aromatic carbocycles. The Morgan fingerprint density at radius 1 is 1.00 bits per heavy atom. The standard InChI is InChI=1S/C21H15Cl2NOS/c1-26-17-7-4-15(5-8-17)21(25)18(11-14-3-2-10-24-13-14)16-6-9-19(22)20(23)12-16/h2-13H,1H3/b18-11+. The van der Waals surface area contributed by atoms with Crippen LogP contribution < -0.4 is 0 Å². The number of aromatic nitrogens is 1. The number of benzene rings is 2. The Bertz CT molecular complexity index is 954. The molecule has 0 fully saturated rings. The molecule has 0 N–H and O–H groups in total. The summed E-state index contributed by atoms with van der Waals surface area (Å²) in [5, 5.41) is 0.861. The number of ketones is 1. The lowest BCUT2D eigenvalue weighted by molar-refractivity contribution is 0.105. The summed E-state index contributed by atoms with van der Waals surface area (Å²) in [5.41, 5.74) is 2.70. The number of Topliss-reactive ketones (excluding diaryl/α,β-unsaturated/α-hetero) is 1. The number of halogens is 2. The van der Waals surface area contributed by atoms with Gasteiger partial charge in [0.2, 0.25) is 0 Å². The van der Waals surface area contributed by atoms with Crippen LogP contribution in [0.1, 0.15) is 21.5 Å². The van der Waals surface area contributed by atoms with Crippen LogP contribution in [-0.2, 0) is 0 Å². The van der Waals surface area contributed by atoms with Crippen molar-refractivity contribution < 1.29 is 4.79 Å². The maximum Gasteiger partial charge on any atom is 0.193 e. The van der Waals surface area contributed by atoms with E-state index in [1.807, 2.05) is 48.7 Å². The highest BCUT2D eigenvalue weighted by Gasteiger charge is 2.16. The zero-order chi connectivity index (χ0) is 18.5. The molecule has 0 aliphatic heterocycles. The van der Waals surface area contributed by atoms with Crippen molar-refractivity contribution in [2.45, 2.75) is 4.90 Å². The number of rotatable bonds is 5. The Labute approximate surface area is 166 Å².